The van der Waals surface area contributed by atoms with Crippen molar-refractivity contribution in [2.24, 2.45) is 46.3 Å². The number of rotatable bonds is 0. The number of hydrogen-bond acceptors (Lipinski definition) is 6. The lowest BCUT2D eigenvalue weighted by atomic mass is 9.42. The van der Waals surface area contributed by atoms with E-state index in [-0.39, 0.29) is 23.9 Å². The van der Waals surface area contributed by atoms with E-state index in [0.717, 1.165) is 45.1 Å². The molecule has 2 saturated heterocycles. The normalized spacial score (nSPS) is 64.7. The number of fused-ring (bicyclic) bond motifs is 7. The predicted molar refractivity (Wildman–Crippen MR) is 122 cm³/mol. The molecule has 0 unspecified atom stereocenters. The van der Waals surface area contributed by atoms with Gasteiger partial charge in [-0.3, -0.25) is 0 Å². The van der Waals surface area contributed by atoms with Crippen molar-refractivity contribution in [1.29, 1.82) is 0 Å². The molecule has 2 aliphatic heterocycles. The topological polar surface area (TPSA) is 99.4 Å². The Balaban J connectivity index is 1.30. The van der Waals surface area contributed by atoms with Crippen molar-refractivity contribution >= 4 is 0 Å². The van der Waals surface area contributed by atoms with Gasteiger partial charge < -0.3 is 29.9 Å². The van der Waals surface area contributed by atoms with Crippen molar-refractivity contribution in [2.75, 3.05) is 6.61 Å². The van der Waals surface area contributed by atoms with Crippen LogP contribution in [0.2, 0.25) is 0 Å². The summed E-state index contributed by atoms with van der Waals surface area (Å²) >= 11 is 0. The highest BCUT2D eigenvalue weighted by Gasteiger charge is 2.72. The summed E-state index contributed by atoms with van der Waals surface area (Å²) in [7, 11) is 0. The Bertz CT molecular complexity index is 795. The summed E-state index contributed by atoms with van der Waals surface area (Å²) in [6, 6.07) is 0. The summed E-state index contributed by atoms with van der Waals surface area (Å²) < 4.78 is 13.2. The van der Waals surface area contributed by atoms with Gasteiger partial charge in [-0.05, 0) is 73.5 Å². The molecule has 0 amide bonds. The van der Waals surface area contributed by atoms with Gasteiger partial charge in [-0.1, -0.05) is 27.7 Å². The molecular formula is C27H44O6. The van der Waals surface area contributed by atoms with Crippen molar-refractivity contribution in [3.8, 4) is 0 Å². The summed E-state index contributed by atoms with van der Waals surface area (Å²) in [6.07, 6.45) is 3.67. The van der Waals surface area contributed by atoms with Crippen molar-refractivity contribution in [2.45, 2.75) is 115 Å². The lowest BCUT2D eigenvalue weighted by Crippen LogP contribution is -2.71. The largest absolute Gasteiger partial charge is 0.390 e. The molecule has 6 fully saturated rings. The minimum Gasteiger partial charge on any atom is -0.390 e. The summed E-state index contributed by atoms with van der Waals surface area (Å²) in [6.45, 7) is 9.85. The van der Waals surface area contributed by atoms with Gasteiger partial charge in [0.05, 0.1) is 30.5 Å². The average Bonchev–Trinajstić information content (AvgIpc) is 3.21. The third-order valence-electron chi connectivity index (χ3n) is 12.2. The Morgan fingerprint density at radius 2 is 1.67 bits per heavy atom. The van der Waals surface area contributed by atoms with E-state index in [1.54, 1.807) is 0 Å². The fraction of sp³-hybridized carbons (Fsp3) is 1.00. The van der Waals surface area contributed by atoms with Crippen LogP contribution in [-0.2, 0) is 9.47 Å². The lowest BCUT2D eigenvalue weighted by molar-refractivity contribution is -0.290. The van der Waals surface area contributed by atoms with Gasteiger partial charge in [0.15, 0.2) is 5.79 Å². The van der Waals surface area contributed by atoms with E-state index in [1.807, 2.05) is 6.92 Å². The summed E-state index contributed by atoms with van der Waals surface area (Å²) in [5.41, 5.74) is -1.76. The van der Waals surface area contributed by atoms with Crippen molar-refractivity contribution in [1.82, 2.24) is 0 Å². The molecule has 0 aromatic carbocycles. The van der Waals surface area contributed by atoms with Crippen LogP contribution in [0.15, 0.2) is 0 Å². The van der Waals surface area contributed by atoms with E-state index in [4.69, 9.17) is 9.47 Å². The molecule has 0 aromatic rings. The number of ether oxygens (including phenoxy) is 2. The minimum absolute atomic E-state index is 0.140. The Hall–Kier alpha value is -0.240. The van der Waals surface area contributed by atoms with Gasteiger partial charge >= 0.3 is 0 Å². The fourth-order valence-electron chi connectivity index (χ4n) is 10.3. The molecule has 6 rings (SSSR count). The van der Waals surface area contributed by atoms with Gasteiger partial charge in [0.2, 0.25) is 0 Å². The maximum atomic E-state index is 11.7. The predicted octanol–water partition coefficient (Wildman–Crippen LogP) is 2.85. The molecule has 0 radical (unpaired) electrons. The maximum Gasteiger partial charge on any atom is 0.171 e. The molecule has 4 N–H and O–H groups in total. The van der Waals surface area contributed by atoms with Gasteiger partial charge in [-0.2, -0.15) is 0 Å². The molecule has 6 aliphatic rings. The molecule has 1 spiro atoms. The lowest BCUT2D eigenvalue weighted by Gasteiger charge is -2.66. The van der Waals surface area contributed by atoms with Crippen LogP contribution < -0.4 is 0 Å². The molecule has 188 valence electrons. The van der Waals surface area contributed by atoms with E-state index < -0.39 is 35.1 Å². The first kappa shape index (κ1) is 23.2. The molecular weight excluding hydrogens is 420 g/mol. The Kier molecular flexibility index (Phi) is 5.03. The molecule has 14 atom stereocenters. The zero-order valence-electron chi connectivity index (χ0n) is 20.7. The van der Waals surface area contributed by atoms with Crippen molar-refractivity contribution < 1.29 is 29.9 Å². The smallest absolute Gasteiger partial charge is 0.171 e. The van der Waals surface area contributed by atoms with Crippen LogP contribution >= 0.6 is 0 Å². The Morgan fingerprint density at radius 1 is 0.909 bits per heavy atom. The molecule has 6 heteroatoms. The highest BCUT2D eigenvalue weighted by Crippen LogP contribution is 2.71. The second-order valence-electron chi connectivity index (χ2n) is 13.5. The molecule has 6 nitrogen and oxygen atoms in total. The molecule has 33 heavy (non-hydrogen) atoms. The second kappa shape index (κ2) is 7.17. The highest BCUT2D eigenvalue weighted by molar-refractivity contribution is 5.20. The van der Waals surface area contributed by atoms with E-state index >= 15 is 0 Å². The number of aliphatic hydroxyl groups is 4. The van der Waals surface area contributed by atoms with Crippen LogP contribution in [0.4, 0.5) is 0 Å². The number of aliphatic hydroxyl groups excluding tert-OH is 3. The summed E-state index contributed by atoms with van der Waals surface area (Å²) in [4.78, 5) is 0. The van der Waals surface area contributed by atoms with Crippen LogP contribution in [0.3, 0.4) is 0 Å². The molecule has 0 bridgehead atoms. The van der Waals surface area contributed by atoms with Crippen molar-refractivity contribution in [3.63, 3.8) is 0 Å². The SMILES string of the molecule is C[C@H]1CC[C@@]2(OC1)O[C@H]1C[C@H]3[C@@H]4CC[C@]5(O)C[C@H](O)[C@@H](O)[C@@H](O)[C@]5(C)[C@H]4CC[C@@]3(C)[C@H]1[C@@H]2C. The second-order valence-corrected chi connectivity index (χ2v) is 13.5. The fourth-order valence-corrected chi connectivity index (χ4v) is 10.3. The van der Waals surface area contributed by atoms with E-state index in [9.17, 15) is 20.4 Å². The molecule has 0 aromatic heterocycles. The highest BCUT2D eigenvalue weighted by atomic mass is 16.7. The monoisotopic (exact) mass is 464 g/mol. The summed E-state index contributed by atoms with van der Waals surface area (Å²) in [5, 5.41) is 43.8. The quantitative estimate of drug-likeness (QED) is 0.440. The van der Waals surface area contributed by atoms with Crippen LogP contribution in [0.5, 0.6) is 0 Å². The molecule has 2 heterocycles. The van der Waals surface area contributed by atoms with Crippen molar-refractivity contribution in [3.05, 3.63) is 0 Å². The van der Waals surface area contributed by atoms with Gasteiger partial charge in [0.25, 0.3) is 0 Å². The van der Waals surface area contributed by atoms with Gasteiger partial charge in [-0.15, -0.1) is 0 Å². The first-order chi connectivity index (χ1) is 15.5. The van der Waals surface area contributed by atoms with E-state index in [1.165, 1.54) is 0 Å². The first-order valence-corrected chi connectivity index (χ1v) is 13.6. The van der Waals surface area contributed by atoms with E-state index in [2.05, 4.69) is 20.8 Å². The average molecular weight is 465 g/mol. The van der Waals surface area contributed by atoms with Crippen LogP contribution in [0.1, 0.15) is 79.1 Å². The van der Waals surface area contributed by atoms with Crippen LogP contribution in [0, 0.1) is 46.3 Å². The van der Waals surface area contributed by atoms with Crippen LogP contribution in [-0.4, -0.2) is 62.8 Å². The summed E-state index contributed by atoms with van der Waals surface area (Å²) in [5.74, 6) is 2.07. The van der Waals surface area contributed by atoms with E-state index in [0.29, 0.717) is 36.0 Å². The Morgan fingerprint density at radius 3 is 2.36 bits per heavy atom. The van der Waals surface area contributed by atoms with Crippen LogP contribution in [0.25, 0.3) is 0 Å². The molecule has 4 saturated carbocycles. The molecule has 4 aliphatic carbocycles. The maximum absolute atomic E-state index is 11.7. The third kappa shape index (κ3) is 2.77. The van der Waals surface area contributed by atoms with Gasteiger partial charge in [0, 0.05) is 24.2 Å². The number of hydrogen-bond donors (Lipinski definition) is 4. The zero-order valence-corrected chi connectivity index (χ0v) is 20.7. The zero-order chi connectivity index (χ0) is 23.6. The van der Waals surface area contributed by atoms with Gasteiger partial charge in [0.1, 0.15) is 6.10 Å². The first-order valence-electron chi connectivity index (χ1n) is 13.6. The minimum atomic E-state index is -1.20. The standard InChI is InChI=1S/C27H44O6/c1-14-5-10-27(32-13-14)15(2)21-20(33-27)11-18-16-6-9-26(31)12-19(28)22(29)23(30)25(26,4)17(16)7-8-24(18,21)3/h14-23,28-31H,5-13H2,1-4H3/t14-,15-,16+,17-,18-,19-,20-,21-,22+,23+,24+,25-,26-,27+/m0/s1. The Labute approximate surface area is 198 Å². The third-order valence-corrected chi connectivity index (χ3v) is 12.2. The van der Waals surface area contributed by atoms with Gasteiger partial charge in [-0.25, -0.2) is 0 Å².